The number of carbonyl (C=O) groups excluding carboxylic acids is 2. The Morgan fingerprint density at radius 1 is 1.00 bits per heavy atom. The summed E-state index contributed by atoms with van der Waals surface area (Å²) < 4.78 is 5.50. The summed E-state index contributed by atoms with van der Waals surface area (Å²) in [5, 5.41) is 5.83. The Labute approximate surface area is 156 Å². The van der Waals surface area contributed by atoms with Crippen LogP contribution in [0.4, 0.5) is 0 Å². The van der Waals surface area contributed by atoms with E-state index in [-0.39, 0.29) is 17.5 Å². The maximum atomic E-state index is 11.9. The molecule has 2 N–H and O–H groups in total. The van der Waals surface area contributed by atoms with E-state index >= 15 is 0 Å². The molecule has 0 saturated heterocycles. The topological polar surface area (TPSA) is 67.4 Å². The Morgan fingerprint density at radius 3 is 2.40 bits per heavy atom. The lowest BCUT2D eigenvalue weighted by Gasteiger charge is -2.09. The SMILES string of the molecule is Cc1ccc(OCCNC(=O)CNC(=O)c2ccc(Cl)c(Cl)c2)cc1. The molecule has 25 heavy (non-hydrogen) atoms. The van der Waals surface area contributed by atoms with Crippen molar-refractivity contribution in [3.8, 4) is 5.75 Å². The molecule has 0 fully saturated rings. The number of rotatable bonds is 7. The molecule has 2 aromatic carbocycles. The third-order valence-electron chi connectivity index (χ3n) is 3.31. The maximum Gasteiger partial charge on any atom is 0.251 e. The van der Waals surface area contributed by atoms with Gasteiger partial charge in [0.05, 0.1) is 23.1 Å². The van der Waals surface area contributed by atoms with Crippen LogP contribution in [0.5, 0.6) is 5.75 Å². The van der Waals surface area contributed by atoms with E-state index in [1.165, 1.54) is 18.2 Å². The first kappa shape index (κ1) is 19.1. The van der Waals surface area contributed by atoms with Crippen molar-refractivity contribution in [1.29, 1.82) is 0 Å². The number of hydrogen-bond donors (Lipinski definition) is 2. The minimum atomic E-state index is -0.398. The number of amides is 2. The van der Waals surface area contributed by atoms with Gasteiger partial charge in [-0.1, -0.05) is 40.9 Å². The molecule has 0 aliphatic carbocycles. The number of ether oxygens (including phenoxy) is 1. The lowest BCUT2D eigenvalue weighted by Crippen LogP contribution is -2.38. The summed E-state index contributed by atoms with van der Waals surface area (Å²) in [4.78, 5) is 23.7. The fraction of sp³-hybridized carbons (Fsp3) is 0.222. The van der Waals surface area contributed by atoms with E-state index in [0.29, 0.717) is 23.7 Å². The highest BCUT2D eigenvalue weighted by Gasteiger charge is 2.09. The third kappa shape index (κ3) is 6.29. The van der Waals surface area contributed by atoms with Crippen molar-refractivity contribution in [2.45, 2.75) is 6.92 Å². The molecule has 0 heterocycles. The summed E-state index contributed by atoms with van der Waals surface area (Å²) in [5.74, 6) is 0.0401. The van der Waals surface area contributed by atoms with Crippen molar-refractivity contribution in [1.82, 2.24) is 10.6 Å². The molecular weight excluding hydrogens is 363 g/mol. The van der Waals surface area contributed by atoms with E-state index in [1.807, 2.05) is 31.2 Å². The fourth-order valence-electron chi connectivity index (χ4n) is 1.96. The van der Waals surface area contributed by atoms with Gasteiger partial charge >= 0.3 is 0 Å². The highest BCUT2D eigenvalue weighted by Crippen LogP contribution is 2.22. The van der Waals surface area contributed by atoms with Gasteiger partial charge in [0.25, 0.3) is 5.91 Å². The van der Waals surface area contributed by atoms with Gasteiger partial charge in [0.2, 0.25) is 5.91 Å². The molecule has 0 bridgehead atoms. The van der Waals surface area contributed by atoms with Gasteiger partial charge in [-0.25, -0.2) is 0 Å². The van der Waals surface area contributed by atoms with E-state index in [4.69, 9.17) is 27.9 Å². The molecule has 0 atom stereocenters. The molecule has 132 valence electrons. The molecular formula is C18H18Cl2N2O3. The van der Waals surface area contributed by atoms with Gasteiger partial charge in [-0.3, -0.25) is 9.59 Å². The summed E-state index contributed by atoms with van der Waals surface area (Å²) in [6.07, 6.45) is 0. The van der Waals surface area contributed by atoms with Crippen LogP contribution < -0.4 is 15.4 Å². The van der Waals surface area contributed by atoms with Crippen LogP contribution >= 0.6 is 23.2 Å². The first-order valence-corrected chi connectivity index (χ1v) is 8.41. The van der Waals surface area contributed by atoms with Gasteiger partial charge in [-0.05, 0) is 37.3 Å². The van der Waals surface area contributed by atoms with Crippen LogP contribution in [0, 0.1) is 6.92 Å². The number of carbonyl (C=O) groups is 2. The second-order valence-corrected chi connectivity index (χ2v) is 6.14. The van der Waals surface area contributed by atoms with Crippen LogP contribution in [0.25, 0.3) is 0 Å². The second-order valence-electron chi connectivity index (χ2n) is 5.32. The van der Waals surface area contributed by atoms with Crippen LogP contribution in [0.3, 0.4) is 0 Å². The summed E-state index contributed by atoms with van der Waals surface area (Å²) in [6.45, 7) is 2.55. The molecule has 0 spiro atoms. The summed E-state index contributed by atoms with van der Waals surface area (Å²) in [5.41, 5.74) is 1.49. The lowest BCUT2D eigenvalue weighted by molar-refractivity contribution is -0.120. The number of aryl methyl sites for hydroxylation is 1. The quantitative estimate of drug-likeness (QED) is 0.724. The van der Waals surface area contributed by atoms with Crippen LogP contribution in [-0.4, -0.2) is 31.5 Å². The second kappa shape index (κ2) is 9.30. The zero-order valence-electron chi connectivity index (χ0n) is 13.6. The molecule has 7 heteroatoms. The highest BCUT2D eigenvalue weighted by molar-refractivity contribution is 6.42. The average Bonchev–Trinajstić information content (AvgIpc) is 2.60. The Hall–Kier alpha value is -2.24. The highest BCUT2D eigenvalue weighted by atomic mass is 35.5. The van der Waals surface area contributed by atoms with Crippen molar-refractivity contribution < 1.29 is 14.3 Å². The first-order valence-electron chi connectivity index (χ1n) is 7.65. The van der Waals surface area contributed by atoms with Crippen LogP contribution in [-0.2, 0) is 4.79 Å². The first-order chi connectivity index (χ1) is 12.0. The molecule has 0 unspecified atom stereocenters. The number of nitrogens with one attached hydrogen (secondary N) is 2. The molecule has 0 aliphatic rings. The van der Waals surface area contributed by atoms with Gasteiger partial charge < -0.3 is 15.4 Å². The van der Waals surface area contributed by atoms with E-state index in [0.717, 1.165) is 11.3 Å². The van der Waals surface area contributed by atoms with Gasteiger partial charge in [0, 0.05) is 5.56 Å². The Kier molecular flexibility index (Phi) is 7.10. The zero-order chi connectivity index (χ0) is 18.2. The molecule has 2 amide bonds. The molecule has 2 rings (SSSR count). The monoisotopic (exact) mass is 380 g/mol. The van der Waals surface area contributed by atoms with Crippen LogP contribution in [0.2, 0.25) is 10.0 Å². The predicted molar refractivity (Wildman–Crippen MR) is 98.5 cm³/mol. The number of benzene rings is 2. The van der Waals surface area contributed by atoms with Crippen molar-refractivity contribution in [3.05, 3.63) is 63.6 Å². The van der Waals surface area contributed by atoms with E-state index < -0.39 is 5.91 Å². The number of hydrogen-bond acceptors (Lipinski definition) is 3. The van der Waals surface area contributed by atoms with Gasteiger partial charge in [0.15, 0.2) is 0 Å². The standard InChI is InChI=1S/C18H18Cl2N2O3/c1-12-2-5-14(6-3-12)25-9-8-21-17(23)11-22-18(24)13-4-7-15(19)16(20)10-13/h2-7,10H,8-9,11H2,1H3,(H,21,23)(H,22,24). The largest absolute Gasteiger partial charge is 0.492 e. The maximum absolute atomic E-state index is 11.9. The van der Waals surface area contributed by atoms with Crippen molar-refractivity contribution in [2.75, 3.05) is 19.7 Å². The minimum absolute atomic E-state index is 0.135. The van der Waals surface area contributed by atoms with E-state index in [2.05, 4.69) is 10.6 Å². The zero-order valence-corrected chi connectivity index (χ0v) is 15.2. The van der Waals surface area contributed by atoms with Crippen molar-refractivity contribution in [3.63, 3.8) is 0 Å². The Bertz CT molecular complexity index is 748. The molecule has 0 aromatic heterocycles. The smallest absolute Gasteiger partial charge is 0.251 e. The molecule has 0 aliphatic heterocycles. The predicted octanol–water partition coefficient (Wildman–Crippen LogP) is 3.23. The van der Waals surface area contributed by atoms with Crippen LogP contribution in [0.15, 0.2) is 42.5 Å². The minimum Gasteiger partial charge on any atom is -0.492 e. The third-order valence-corrected chi connectivity index (χ3v) is 4.04. The summed E-state index contributed by atoms with van der Waals surface area (Å²) in [7, 11) is 0. The van der Waals surface area contributed by atoms with E-state index in [1.54, 1.807) is 0 Å². The molecule has 5 nitrogen and oxygen atoms in total. The van der Waals surface area contributed by atoms with E-state index in [9.17, 15) is 9.59 Å². The van der Waals surface area contributed by atoms with Crippen LogP contribution in [0.1, 0.15) is 15.9 Å². The average molecular weight is 381 g/mol. The summed E-state index contributed by atoms with van der Waals surface area (Å²) >= 11 is 11.7. The fourth-order valence-corrected chi connectivity index (χ4v) is 2.25. The van der Waals surface area contributed by atoms with Crippen molar-refractivity contribution in [2.24, 2.45) is 0 Å². The Balaban J connectivity index is 1.67. The molecule has 2 aromatic rings. The summed E-state index contributed by atoms with van der Waals surface area (Å²) in [6, 6.07) is 12.2. The lowest BCUT2D eigenvalue weighted by atomic mass is 10.2. The molecule has 0 saturated carbocycles. The van der Waals surface area contributed by atoms with Gasteiger partial charge in [-0.2, -0.15) is 0 Å². The van der Waals surface area contributed by atoms with Crippen molar-refractivity contribution >= 4 is 35.0 Å². The molecule has 0 radical (unpaired) electrons. The normalized spacial score (nSPS) is 10.2. The number of halogens is 2. The Morgan fingerprint density at radius 2 is 1.72 bits per heavy atom. The van der Waals surface area contributed by atoms with Gasteiger partial charge in [-0.15, -0.1) is 0 Å². The van der Waals surface area contributed by atoms with Gasteiger partial charge in [0.1, 0.15) is 12.4 Å².